The summed E-state index contributed by atoms with van der Waals surface area (Å²) < 4.78 is 15.7. The molecule has 0 saturated carbocycles. The molecule has 0 unspecified atom stereocenters. The Bertz CT molecular complexity index is 932. The fourth-order valence-corrected chi connectivity index (χ4v) is 2.37. The third-order valence-electron chi connectivity index (χ3n) is 3.90. The number of hydrogen-bond acceptors (Lipinski definition) is 3. The lowest BCUT2D eigenvalue weighted by Gasteiger charge is -2.13. The number of rotatable bonds is 3. The van der Waals surface area contributed by atoms with Gasteiger partial charge in [-0.25, -0.2) is 18.9 Å². The Kier molecular flexibility index (Phi) is 4.39. The highest BCUT2D eigenvalue weighted by molar-refractivity contribution is 5.89. The number of nitrogens with one attached hydrogen (secondary N) is 1. The second-order valence-corrected chi connectivity index (χ2v) is 6.40. The molecule has 0 saturated heterocycles. The van der Waals surface area contributed by atoms with Gasteiger partial charge in [0, 0.05) is 37.6 Å². The first-order valence-electron chi connectivity index (χ1n) is 7.98. The topological polar surface area (TPSA) is 63.1 Å². The molecule has 0 aliphatic heterocycles. The van der Waals surface area contributed by atoms with Gasteiger partial charge in [-0.15, -0.1) is 5.10 Å². The monoisotopic (exact) mass is 341 g/mol. The predicted molar refractivity (Wildman–Crippen MR) is 95.6 cm³/mol. The van der Waals surface area contributed by atoms with Crippen molar-refractivity contribution < 1.29 is 9.18 Å². The summed E-state index contributed by atoms with van der Waals surface area (Å²) in [4.78, 5) is 17.5. The minimum atomic E-state index is -0.431. The van der Waals surface area contributed by atoms with Crippen molar-refractivity contribution in [2.75, 3.05) is 19.4 Å². The predicted octanol–water partition coefficient (Wildman–Crippen LogP) is 3.78. The van der Waals surface area contributed by atoms with Gasteiger partial charge < -0.3 is 10.2 Å². The molecule has 3 aromatic rings. The van der Waals surface area contributed by atoms with Gasteiger partial charge in [0.05, 0.1) is 0 Å². The Labute approximate surface area is 145 Å². The number of fused-ring (bicyclic) bond motifs is 1. The van der Waals surface area contributed by atoms with Crippen LogP contribution >= 0.6 is 0 Å². The lowest BCUT2D eigenvalue weighted by atomic mass is 10.1. The zero-order valence-electron chi connectivity index (χ0n) is 14.6. The maximum Gasteiger partial charge on any atom is 0.321 e. The van der Waals surface area contributed by atoms with Crippen molar-refractivity contribution in [1.82, 2.24) is 19.7 Å². The van der Waals surface area contributed by atoms with E-state index in [9.17, 15) is 9.18 Å². The molecule has 0 radical (unpaired) electrons. The number of amides is 2. The molecule has 2 aromatic heterocycles. The minimum absolute atomic E-state index is 0.251. The molecular formula is C18H20FN5O. The van der Waals surface area contributed by atoms with Crippen molar-refractivity contribution >= 4 is 22.8 Å². The molecule has 2 heterocycles. The normalized spacial score (nSPS) is 11.1. The summed E-state index contributed by atoms with van der Waals surface area (Å²) in [6.45, 7) is 4.17. The molecule has 7 heteroatoms. The number of nitrogens with zero attached hydrogens (tertiary/aromatic N) is 4. The van der Waals surface area contributed by atoms with Crippen LogP contribution in [0.4, 0.5) is 14.9 Å². The van der Waals surface area contributed by atoms with Crippen molar-refractivity contribution in [2.24, 2.45) is 0 Å². The fourth-order valence-electron chi connectivity index (χ4n) is 2.37. The number of anilines is 1. The molecule has 0 bridgehead atoms. The SMILES string of the molecule is CC(C)c1cnc2nn(-c3cc(NC(=O)N(C)C)ccc3F)cc2c1. The molecule has 0 atom stereocenters. The first kappa shape index (κ1) is 16.9. The molecule has 0 spiro atoms. The van der Waals surface area contributed by atoms with Crippen molar-refractivity contribution in [1.29, 1.82) is 0 Å². The van der Waals surface area contributed by atoms with Crippen LogP contribution in [0.5, 0.6) is 0 Å². The summed E-state index contributed by atoms with van der Waals surface area (Å²) in [7, 11) is 3.27. The number of pyridine rings is 1. The van der Waals surface area contributed by atoms with E-state index in [1.54, 1.807) is 32.6 Å². The summed E-state index contributed by atoms with van der Waals surface area (Å²) >= 11 is 0. The number of aromatic nitrogens is 3. The molecule has 25 heavy (non-hydrogen) atoms. The summed E-state index contributed by atoms with van der Waals surface area (Å²) in [6.07, 6.45) is 3.53. The second kappa shape index (κ2) is 6.51. The molecule has 130 valence electrons. The molecule has 6 nitrogen and oxygen atoms in total. The number of carbonyl (C=O) groups is 1. The van der Waals surface area contributed by atoms with Gasteiger partial charge in [-0.05, 0) is 35.7 Å². The zero-order chi connectivity index (χ0) is 18.1. The number of halogens is 1. The van der Waals surface area contributed by atoms with Crippen molar-refractivity contribution in [3.63, 3.8) is 0 Å². The largest absolute Gasteiger partial charge is 0.331 e. The quantitative estimate of drug-likeness (QED) is 0.788. The fraction of sp³-hybridized carbons (Fsp3) is 0.278. The van der Waals surface area contributed by atoms with Gasteiger partial charge in [0.25, 0.3) is 0 Å². The number of urea groups is 1. The van der Waals surface area contributed by atoms with E-state index in [-0.39, 0.29) is 11.7 Å². The first-order valence-corrected chi connectivity index (χ1v) is 7.98. The Hall–Kier alpha value is -2.96. The van der Waals surface area contributed by atoms with E-state index in [0.29, 0.717) is 17.3 Å². The van der Waals surface area contributed by atoms with E-state index < -0.39 is 5.82 Å². The summed E-state index contributed by atoms with van der Waals surface area (Å²) in [5.41, 5.74) is 2.39. The van der Waals surface area contributed by atoms with Crippen LogP contribution in [-0.4, -0.2) is 39.8 Å². The van der Waals surface area contributed by atoms with Crippen molar-refractivity contribution in [3.8, 4) is 5.69 Å². The zero-order valence-corrected chi connectivity index (χ0v) is 14.6. The van der Waals surface area contributed by atoms with Gasteiger partial charge >= 0.3 is 6.03 Å². The van der Waals surface area contributed by atoms with Crippen LogP contribution in [0.2, 0.25) is 0 Å². The highest BCUT2D eigenvalue weighted by atomic mass is 19.1. The van der Waals surface area contributed by atoms with Gasteiger partial charge in [-0.3, -0.25) is 0 Å². The molecular weight excluding hydrogens is 321 g/mol. The van der Waals surface area contributed by atoms with E-state index in [4.69, 9.17) is 0 Å². The van der Waals surface area contributed by atoms with E-state index in [1.165, 1.54) is 21.7 Å². The third-order valence-corrected chi connectivity index (χ3v) is 3.90. The molecule has 3 rings (SSSR count). The van der Waals surface area contributed by atoms with Crippen LogP contribution in [-0.2, 0) is 0 Å². The van der Waals surface area contributed by atoms with Crippen LogP contribution in [0.3, 0.4) is 0 Å². The van der Waals surface area contributed by atoms with E-state index in [0.717, 1.165) is 10.9 Å². The van der Waals surface area contributed by atoms with Crippen LogP contribution < -0.4 is 5.32 Å². The van der Waals surface area contributed by atoms with Gasteiger partial charge in [-0.2, -0.15) is 0 Å². The Morgan fingerprint density at radius 3 is 2.72 bits per heavy atom. The maximum atomic E-state index is 14.3. The average Bonchev–Trinajstić information content (AvgIpc) is 2.99. The average molecular weight is 341 g/mol. The van der Waals surface area contributed by atoms with Gasteiger partial charge in [0.1, 0.15) is 11.5 Å². The van der Waals surface area contributed by atoms with Gasteiger partial charge in [-0.1, -0.05) is 13.8 Å². The summed E-state index contributed by atoms with van der Waals surface area (Å²) in [6, 6.07) is 6.09. The molecule has 1 N–H and O–H groups in total. The lowest BCUT2D eigenvalue weighted by Crippen LogP contribution is -2.27. The Morgan fingerprint density at radius 2 is 2.04 bits per heavy atom. The van der Waals surface area contributed by atoms with Gasteiger partial charge in [0.2, 0.25) is 0 Å². The van der Waals surface area contributed by atoms with E-state index in [1.807, 2.05) is 6.07 Å². The summed E-state index contributed by atoms with van der Waals surface area (Å²) in [5, 5.41) is 7.88. The van der Waals surface area contributed by atoms with Crippen LogP contribution in [0.15, 0.2) is 36.7 Å². The number of carbonyl (C=O) groups excluding carboxylic acids is 1. The molecule has 0 fully saturated rings. The second-order valence-electron chi connectivity index (χ2n) is 6.40. The molecule has 1 aromatic carbocycles. The van der Waals surface area contributed by atoms with Crippen molar-refractivity contribution in [3.05, 3.63) is 48.0 Å². The molecule has 2 amide bonds. The van der Waals surface area contributed by atoms with Crippen LogP contribution in [0.25, 0.3) is 16.7 Å². The Balaban J connectivity index is 2.00. The first-order chi connectivity index (χ1) is 11.8. The highest BCUT2D eigenvalue weighted by Gasteiger charge is 2.12. The van der Waals surface area contributed by atoms with Crippen LogP contribution in [0.1, 0.15) is 25.3 Å². The molecule has 0 aliphatic carbocycles. The van der Waals surface area contributed by atoms with Crippen LogP contribution in [0, 0.1) is 5.82 Å². The number of benzene rings is 1. The smallest absolute Gasteiger partial charge is 0.321 e. The number of hydrogen-bond donors (Lipinski definition) is 1. The minimum Gasteiger partial charge on any atom is -0.331 e. The lowest BCUT2D eigenvalue weighted by molar-refractivity contribution is 0.230. The van der Waals surface area contributed by atoms with E-state index >= 15 is 0 Å². The van der Waals surface area contributed by atoms with Gasteiger partial charge in [0.15, 0.2) is 5.65 Å². The highest BCUT2D eigenvalue weighted by Crippen LogP contribution is 2.23. The van der Waals surface area contributed by atoms with E-state index in [2.05, 4.69) is 29.2 Å². The standard InChI is InChI=1S/C18H20FN5O/c1-11(2)12-7-13-10-24(22-17(13)20-9-12)16-8-14(5-6-15(16)19)21-18(25)23(3)4/h5-11H,1-4H3,(H,21,25). The van der Waals surface area contributed by atoms with Crippen molar-refractivity contribution in [2.45, 2.75) is 19.8 Å². The Morgan fingerprint density at radius 1 is 1.28 bits per heavy atom. The maximum absolute atomic E-state index is 14.3. The summed E-state index contributed by atoms with van der Waals surface area (Å²) in [5.74, 6) is -0.0821. The third kappa shape index (κ3) is 3.45. The molecule has 0 aliphatic rings.